The van der Waals surface area contributed by atoms with Gasteiger partial charge in [0, 0.05) is 43.7 Å². The molecule has 1 aromatic carbocycles. The summed E-state index contributed by atoms with van der Waals surface area (Å²) in [6.45, 7) is 2.14. The predicted molar refractivity (Wildman–Crippen MR) is 88.8 cm³/mol. The summed E-state index contributed by atoms with van der Waals surface area (Å²) in [5.41, 5.74) is 6.46. The van der Waals surface area contributed by atoms with Crippen molar-refractivity contribution in [3.8, 4) is 0 Å². The van der Waals surface area contributed by atoms with Crippen LogP contribution in [0.5, 0.6) is 0 Å². The van der Waals surface area contributed by atoms with E-state index in [0.717, 1.165) is 25.7 Å². The maximum atomic E-state index is 13.0. The number of rotatable bonds is 2. The molecular formula is C18H24FN3O2. The van der Waals surface area contributed by atoms with Crippen molar-refractivity contribution in [2.75, 3.05) is 26.2 Å². The van der Waals surface area contributed by atoms with E-state index in [0.29, 0.717) is 31.7 Å². The SMILES string of the molecule is NC1CCCC(C(=O)N2CCN(C(=O)c3ccc(F)cc3)CC2)C1. The van der Waals surface area contributed by atoms with Crippen LogP contribution in [0, 0.1) is 11.7 Å². The first kappa shape index (κ1) is 16.9. The van der Waals surface area contributed by atoms with E-state index in [2.05, 4.69) is 0 Å². The van der Waals surface area contributed by atoms with Crippen LogP contribution in [0.15, 0.2) is 24.3 Å². The van der Waals surface area contributed by atoms with Crippen molar-refractivity contribution in [2.24, 2.45) is 11.7 Å². The molecule has 0 bridgehead atoms. The van der Waals surface area contributed by atoms with Gasteiger partial charge in [-0.25, -0.2) is 4.39 Å². The number of amides is 2. The minimum atomic E-state index is -0.354. The lowest BCUT2D eigenvalue weighted by Crippen LogP contribution is -2.52. The first-order valence-corrected chi connectivity index (χ1v) is 8.64. The zero-order valence-electron chi connectivity index (χ0n) is 13.8. The molecule has 6 heteroatoms. The Labute approximate surface area is 141 Å². The van der Waals surface area contributed by atoms with Crippen molar-refractivity contribution < 1.29 is 14.0 Å². The monoisotopic (exact) mass is 333 g/mol. The second kappa shape index (κ2) is 7.30. The summed E-state index contributed by atoms with van der Waals surface area (Å²) in [5.74, 6) is -0.249. The number of hydrogen-bond acceptors (Lipinski definition) is 3. The van der Waals surface area contributed by atoms with E-state index >= 15 is 0 Å². The van der Waals surface area contributed by atoms with Gasteiger partial charge in [-0.3, -0.25) is 9.59 Å². The standard InChI is InChI=1S/C18H24FN3O2/c19-15-6-4-13(5-7-15)17(23)21-8-10-22(11-9-21)18(24)14-2-1-3-16(20)12-14/h4-7,14,16H,1-3,8-12,20H2. The minimum absolute atomic E-state index is 0.0353. The molecule has 2 fully saturated rings. The van der Waals surface area contributed by atoms with Gasteiger partial charge in [-0.2, -0.15) is 0 Å². The molecule has 24 heavy (non-hydrogen) atoms. The quantitative estimate of drug-likeness (QED) is 0.894. The lowest BCUT2D eigenvalue weighted by molar-refractivity contribution is -0.138. The molecular weight excluding hydrogens is 309 g/mol. The van der Waals surface area contributed by atoms with Crippen molar-refractivity contribution in [1.29, 1.82) is 0 Å². The Hall–Kier alpha value is -1.95. The van der Waals surface area contributed by atoms with Gasteiger partial charge in [-0.1, -0.05) is 6.42 Å². The average Bonchev–Trinajstić information content (AvgIpc) is 2.61. The fourth-order valence-electron chi connectivity index (χ4n) is 3.62. The molecule has 1 aliphatic carbocycles. The summed E-state index contributed by atoms with van der Waals surface area (Å²) in [6.07, 6.45) is 3.71. The summed E-state index contributed by atoms with van der Waals surface area (Å²) in [6, 6.07) is 5.71. The third kappa shape index (κ3) is 3.75. The van der Waals surface area contributed by atoms with E-state index < -0.39 is 0 Å². The van der Waals surface area contributed by atoms with Gasteiger partial charge in [0.1, 0.15) is 5.82 Å². The van der Waals surface area contributed by atoms with Crippen LogP contribution in [0.25, 0.3) is 0 Å². The number of carbonyl (C=O) groups is 2. The summed E-state index contributed by atoms with van der Waals surface area (Å²) in [4.78, 5) is 28.6. The van der Waals surface area contributed by atoms with Gasteiger partial charge < -0.3 is 15.5 Å². The topological polar surface area (TPSA) is 66.6 Å². The van der Waals surface area contributed by atoms with Crippen molar-refractivity contribution in [1.82, 2.24) is 9.80 Å². The molecule has 2 amide bonds. The summed E-state index contributed by atoms with van der Waals surface area (Å²) >= 11 is 0. The van der Waals surface area contributed by atoms with Crippen molar-refractivity contribution in [3.05, 3.63) is 35.6 Å². The lowest BCUT2D eigenvalue weighted by Gasteiger charge is -2.37. The summed E-state index contributed by atoms with van der Waals surface area (Å²) < 4.78 is 13.0. The molecule has 1 saturated heterocycles. The van der Waals surface area contributed by atoms with Gasteiger partial charge in [0.25, 0.3) is 5.91 Å². The smallest absolute Gasteiger partial charge is 0.253 e. The number of hydrogen-bond donors (Lipinski definition) is 1. The molecule has 2 aliphatic rings. The highest BCUT2D eigenvalue weighted by Crippen LogP contribution is 2.25. The molecule has 2 atom stereocenters. The van der Waals surface area contributed by atoms with E-state index in [-0.39, 0.29) is 29.6 Å². The van der Waals surface area contributed by atoms with Gasteiger partial charge in [0.05, 0.1) is 0 Å². The van der Waals surface area contributed by atoms with Crippen LogP contribution in [-0.4, -0.2) is 53.8 Å². The van der Waals surface area contributed by atoms with Crippen LogP contribution in [-0.2, 0) is 4.79 Å². The summed E-state index contributed by atoms with van der Waals surface area (Å²) in [7, 11) is 0. The molecule has 0 aromatic heterocycles. The fourth-order valence-corrected chi connectivity index (χ4v) is 3.62. The highest BCUT2D eigenvalue weighted by Gasteiger charge is 2.31. The first-order valence-electron chi connectivity index (χ1n) is 8.64. The van der Waals surface area contributed by atoms with E-state index in [1.54, 1.807) is 4.90 Å². The normalized spacial score (nSPS) is 24.8. The molecule has 0 radical (unpaired) electrons. The maximum Gasteiger partial charge on any atom is 0.253 e. The second-order valence-corrected chi connectivity index (χ2v) is 6.75. The Bertz CT molecular complexity index is 597. The van der Waals surface area contributed by atoms with Crippen LogP contribution in [0.1, 0.15) is 36.0 Å². The van der Waals surface area contributed by atoms with Crippen molar-refractivity contribution >= 4 is 11.8 Å². The molecule has 1 saturated carbocycles. The number of benzene rings is 1. The third-order valence-electron chi connectivity index (χ3n) is 5.03. The Morgan fingerprint density at radius 1 is 1.00 bits per heavy atom. The number of piperazine rings is 1. The minimum Gasteiger partial charge on any atom is -0.339 e. The van der Waals surface area contributed by atoms with Crippen LogP contribution >= 0.6 is 0 Å². The fraction of sp³-hybridized carbons (Fsp3) is 0.556. The van der Waals surface area contributed by atoms with Gasteiger partial charge in [-0.15, -0.1) is 0 Å². The number of carbonyl (C=O) groups excluding carboxylic acids is 2. The molecule has 130 valence electrons. The molecule has 3 rings (SSSR count). The highest BCUT2D eigenvalue weighted by atomic mass is 19.1. The molecule has 0 spiro atoms. The number of halogens is 1. The average molecular weight is 333 g/mol. The maximum absolute atomic E-state index is 13.0. The van der Waals surface area contributed by atoms with E-state index in [1.807, 2.05) is 4.90 Å². The summed E-state index contributed by atoms with van der Waals surface area (Å²) in [5, 5.41) is 0. The van der Waals surface area contributed by atoms with Crippen molar-refractivity contribution in [3.63, 3.8) is 0 Å². The van der Waals surface area contributed by atoms with Crippen LogP contribution in [0.4, 0.5) is 4.39 Å². The Morgan fingerprint density at radius 3 is 2.25 bits per heavy atom. The zero-order valence-corrected chi connectivity index (χ0v) is 13.8. The van der Waals surface area contributed by atoms with E-state index in [9.17, 15) is 14.0 Å². The van der Waals surface area contributed by atoms with Gasteiger partial charge in [-0.05, 0) is 43.5 Å². The van der Waals surface area contributed by atoms with Crippen LogP contribution < -0.4 is 5.73 Å². The Morgan fingerprint density at radius 2 is 1.62 bits per heavy atom. The predicted octanol–water partition coefficient (Wildman–Crippen LogP) is 1.63. The number of nitrogens with two attached hydrogens (primary N) is 1. The second-order valence-electron chi connectivity index (χ2n) is 6.75. The number of nitrogens with zero attached hydrogens (tertiary/aromatic N) is 2. The zero-order chi connectivity index (χ0) is 17.1. The Balaban J connectivity index is 1.54. The molecule has 1 heterocycles. The van der Waals surface area contributed by atoms with Gasteiger partial charge >= 0.3 is 0 Å². The third-order valence-corrected chi connectivity index (χ3v) is 5.03. The molecule has 2 unspecified atom stereocenters. The first-order chi connectivity index (χ1) is 11.5. The Kier molecular flexibility index (Phi) is 5.14. The largest absolute Gasteiger partial charge is 0.339 e. The molecule has 1 aliphatic heterocycles. The molecule has 1 aromatic rings. The molecule has 5 nitrogen and oxygen atoms in total. The highest BCUT2D eigenvalue weighted by molar-refractivity contribution is 5.94. The van der Waals surface area contributed by atoms with Crippen molar-refractivity contribution in [2.45, 2.75) is 31.7 Å². The molecule has 2 N–H and O–H groups in total. The lowest BCUT2D eigenvalue weighted by atomic mass is 9.85. The van der Waals surface area contributed by atoms with Gasteiger partial charge in [0.2, 0.25) is 5.91 Å². The van der Waals surface area contributed by atoms with Crippen LogP contribution in [0.2, 0.25) is 0 Å². The van der Waals surface area contributed by atoms with E-state index in [4.69, 9.17) is 5.73 Å². The van der Waals surface area contributed by atoms with Gasteiger partial charge in [0.15, 0.2) is 0 Å². The van der Waals surface area contributed by atoms with E-state index in [1.165, 1.54) is 24.3 Å². The van der Waals surface area contributed by atoms with Crippen LogP contribution in [0.3, 0.4) is 0 Å².